The van der Waals surface area contributed by atoms with E-state index in [4.69, 9.17) is 23.1 Å². The minimum absolute atomic E-state index is 0.140. The maximum absolute atomic E-state index is 12.4. The molecule has 0 radical (unpaired) electrons. The van der Waals surface area contributed by atoms with E-state index in [2.05, 4.69) is 32.1 Å². The summed E-state index contributed by atoms with van der Waals surface area (Å²) in [5.74, 6) is 0.957. The number of piperidine rings is 1. The lowest BCUT2D eigenvalue weighted by Crippen LogP contribution is -2.42. The highest BCUT2D eigenvalue weighted by Crippen LogP contribution is 2.39. The number of nitrogens with one attached hydrogen (secondary N) is 2. The molecule has 0 unspecified atom stereocenters. The number of nitrogen functional groups attached to an aromatic ring is 1. The predicted octanol–water partition coefficient (Wildman–Crippen LogP) is 3.33. The average molecular weight is 563 g/mol. The van der Waals surface area contributed by atoms with Crippen LogP contribution >= 0.6 is 23.4 Å². The number of hydrogen-bond donors (Lipinski definition) is 4. The molecule has 4 rings (SSSR count). The molecule has 1 aromatic carbocycles. The number of carbonyl (C=O) groups is 1. The van der Waals surface area contributed by atoms with Gasteiger partial charge in [0.2, 0.25) is 0 Å². The van der Waals surface area contributed by atoms with E-state index in [0.717, 1.165) is 32.1 Å². The summed E-state index contributed by atoms with van der Waals surface area (Å²) >= 11 is 7.69. The van der Waals surface area contributed by atoms with Gasteiger partial charge in [0.1, 0.15) is 15.7 Å². The van der Waals surface area contributed by atoms with Gasteiger partial charge in [-0.2, -0.15) is 0 Å². The molecule has 1 fully saturated rings. The standard InChI is InChI=1S/C23H27ClN8O3S2/c1-23(14-25)7-10-32(11-8-23)18-13-28-21(20(26)30-18)36-17-6-2-5-16(19(17)24)29-22(33)31-37(34,35)15-4-3-9-27-12-15/h2-6,9,12-13H,7-8,10-11,14,25H2,1H3,(H2,26,30)(H2,29,31,33). The van der Waals surface area contributed by atoms with Crippen molar-refractivity contribution in [1.82, 2.24) is 19.7 Å². The number of rotatable bonds is 7. The maximum atomic E-state index is 12.4. The van der Waals surface area contributed by atoms with Crippen molar-refractivity contribution >= 4 is 56.7 Å². The van der Waals surface area contributed by atoms with E-state index in [9.17, 15) is 13.2 Å². The largest absolute Gasteiger partial charge is 0.381 e. The van der Waals surface area contributed by atoms with Gasteiger partial charge in [-0.3, -0.25) is 4.98 Å². The van der Waals surface area contributed by atoms with Crippen molar-refractivity contribution in [2.45, 2.75) is 34.6 Å². The van der Waals surface area contributed by atoms with Crippen LogP contribution < -0.4 is 26.4 Å². The molecule has 37 heavy (non-hydrogen) atoms. The molecule has 2 aromatic heterocycles. The van der Waals surface area contributed by atoms with Crippen molar-refractivity contribution in [2.24, 2.45) is 11.1 Å². The summed E-state index contributed by atoms with van der Waals surface area (Å²) in [6.45, 7) is 4.50. The van der Waals surface area contributed by atoms with Gasteiger partial charge in [-0.1, -0.05) is 36.4 Å². The minimum Gasteiger partial charge on any atom is -0.381 e. The van der Waals surface area contributed by atoms with Crippen LogP contribution in [0.25, 0.3) is 0 Å². The molecule has 0 atom stereocenters. The monoisotopic (exact) mass is 562 g/mol. The SMILES string of the molecule is CC1(CN)CCN(c2cnc(Sc3cccc(NC(=O)NS(=O)(=O)c4cccnc4)c3Cl)c(N)n2)CC1. The highest BCUT2D eigenvalue weighted by molar-refractivity contribution is 7.99. The van der Waals surface area contributed by atoms with Crippen molar-refractivity contribution in [3.8, 4) is 0 Å². The first-order valence-electron chi connectivity index (χ1n) is 11.4. The Kier molecular flexibility index (Phi) is 8.07. The summed E-state index contributed by atoms with van der Waals surface area (Å²) in [6, 6.07) is 6.76. The summed E-state index contributed by atoms with van der Waals surface area (Å²) in [5.41, 5.74) is 12.5. The Bertz CT molecular complexity index is 1380. The highest BCUT2D eigenvalue weighted by Gasteiger charge is 2.29. The molecule has 0 aliphatic carbocycles. The van der Waals surface area contributed by atoms with Gasteiger partial charge in [-0.05, 0) is 49.1 Å². The number of nitrogens with zero attached hydrogens (tertiary/aromatic N) is 4. The molecule has 1 aliphatic rings. The Hall–Kier alpha value is -3.13. The van der Waals surface area contributed by atoms with Gasteiger partial charge in [0.15, 0.2) is 5.82 Å². The molecule has 11 nitrogen and oxygen atoms in total. The molecule has 3 aromatic rings. The van der Waals surface area contributed by atoms with Crippen LogP contribution in [-0.4, -0.2) is 49.0 Å². The number of urea groups is 1. The molecule has 6 N–H and O–H groups in total. The van der Waals surface area contributed by atoms with Crippen LogP contribution in [0, 0.1) is 5.41 Å². The van der Waals surface area contributed by atoms with Crippen LogP contribution in [-0.2, 0) is 10.0 Å². The Labute approximate surface area is 224 Å². The molecule has 2 amide bonds. The van der Waals surface area contributed by atoms with Crippen LogP contribution in [0.4, 0.5) is 22.1 Å². The van der Waals surface area contributed by atoms with E-state index in [1.165, 1.54) is 30.1 Å². The lowest BCUT2D eigenvalue weighted by Gasteiger charge is -2.39. The van der Waals surface area contributed by atoms with E-state index in [1.54, 1.807) is 24.4 Å². The van der Waals surface area contributed by atoms with Gasteiger partial charge in [-0.15, -0.1) is 0 Å². The van der Waals surface area contributed by atoms with Gasteiger partial charge in [-0.25, -0.2) is 27.9 Å². The number of halogens is 1. The topological polar surface area (TPSA) is 169 Å². The van der Waals surface area contributed by atoms with Gasteiger partial charge in [0, 0.05) is 30.4 Å². The van der Waals surface area contributed by atoms with Crippen LogP contribution in [0.5, 0.6) is 0 Å². The van der Waals surface area contributed by atoms with Crippen molar-refractivity contribution in [1.29, 1.82) is 0 Å². The minimum atomic E-state index is -4.10. The summed E-state index contributed by atoms with van der Waals surface area (Å²) < 4.78 is 26.7. The summed E-state index contributed by atoms with van der Waals surface area (Å²) in [4.78, 5) is 27.7. The molecule has 3 heterocycles. The number of anilines is 3. The molecule has 0 spiro atoms. The number of hydrogen-bond acceptors (Lipinski definition) is 10. The second-order valence-corrected chi connectivity index (χ2v) is 12.0. The molecule has 196 valence electrons. The van der Waals surface area contributed by atoms with Crippen LogP contribution in [0.1, 0.15) is 19.8 Å². The van der Waals surface area contributed by atoms with E-state index < -0.39 is 16.1 Å². The van der Waals surface area contributed by atoms with E-state index in [-0.39, 0.29) is 26.8 Å². The van der Waals surface area contributed by atoms with Crippen molar-refractivity contribution in [3.63, 3.8) is 0 Å². The Morgan fingerprint density at radius 1 is 1.22 bits per heavy atom. The molecule has 0 bridgehead atoms. The normalized spacial score (nSPS) is 15.3. The average Bonchev–Trinajstić information content (AvgIpc) is 2.88. The Balaban J connectivity index is 1.44. The van der Waals surface area contributed by atoms with Gasteiger partial charge in [0.05, 0.1) is 16.9 Å². The summed E-state index contributed by atoms with van der Waals surface area (Å²) in [6.07, 6.45) is 6.18. The van der Waals surface area contributed by atoms with Gasteiger partial charge >= 0.3 is 6.03 Å². The number of pyridine rings is 1. The first kappa shape index (κ1) is 26.9. The van der Waals surface area contributed by atoms with Crippen molar-refractivity contribution in [2.75, 3.05) is 35.6 Å². The van der Waals surface area contributed by atoms with Crippen LogP contribution in [0.2, 0.25) is 5.02 Å². The lowest BCUT2D eigenvalue weighted by molar-refractivity contribution is 0.256. The van der Waals surface area contributed by atoms with E-state index in [1.807, 2.05) is 4.72 Å². The zero-order valence-electron chi connectivity index (χ0n) is 20.0. The first-order chi connectivity index (χ1) is 17.6. The van der Waals surface area contributed by atoms with Gasteiger partial charge < -0.3 is 21.7 Å². The lowest BCUT2D eigenvalue weighted by atomic mass is 9.80. The number of carbonyl (C=O) groups excluding carboxylic acids is 1. The van der Waals surface area contributed by atoms with E-state index >= 15 is 0 Å². The van der Waals surface area contributed by atoms with Crippen LogP contribution in [0.3, 0.4) is 0 Å². The van der Waals surface area contributed by atoms with Crippen molar-refractivity contribution in [3.05, 3.63) is 53.9 Å². The number of aromatic nitrogens is 3. The zero-order chi connectivity index (χ0) is 26.6. The maximum Gasteiger partial charge on any atom is 0.333 e. The van der Waals surface area contributed by atoms with Crippen LogP contribution in [0.15, 0.2) is 63.7 Å². The number of sulfonamides is 1. The van der Waals surface area contributed by atoms with E-state index in [0.29, 0.717) is 22.3 Å². The highest BCUT2D eigenvalue weighted by atomic mass is 35.5. The molecule has 0 saturated carbocycles. The molecule has 14 heteroatoms. The predicted molar refractivity (Wildman–Crippen MR) is 144 cm³/mol. The number of nitrogens with two attached hydrogens (primary N) is 2. The number of benzene rings is 1. The third kappa shape index (κ3) is 6.42. The van der Waals surface area contributed by atoms with Crippen molar-refractivity contribution < 1.29 is 13.2 Å². The number of amides is 2. The fourth-order valence-corrected chi connectivity index (χ4v) is 5.69. The Morgan fingerprint density at radius 2 is 1.97 bits per heavy atom. The first-order valence-corrected chi connectivity index (χ1v) is 14.1. The molecular formula is C23H27ClN8O3S2. The second kappa shape index (κ2) is 11.1. The third-order valence-corrected chi connectivity index (χ3v) is 9.03. The Morgan fingerprint density at radius 3 is 2.62 bits per heavy atom. The zero-order valence-corrected chi connectivity index (χ0v) is 22.4. The third-order valence-electron chi connectivity index (χ3n) is 6.13. The van der Waals surface area contributed by atoms with Gasteiger partial charge in [0.25, 0.3) is 10.0 Å². The summed E-state index contributed by atoms with van der Waals surface area (Å²) in [7, 11) is -4.10. The quantitative estimate of drug-likeness (QED) is 0.335. The molecule has 1 saturated heterocycles. The molecular weight excluding hydrogens is 536 g/mol. The fraction of sp³-hybridized carbons (Fsp3) is 0.304. The smallest absolute Gasteiger partial charge is 0.333 e. The second-order valence-electron chi connectivity index (χ2n) is 8.89. The fourth-order valence-electron chi connectivity index (χ4n) is 3.72. The molecule has 1 aliphatic heterocycles. The summed E-state index contributed by atoms with van der Waals surface area (Å²) in [5, 5.41) is 3.11.